The maximum atomic E-state index is 10.7. The van der Waals surface area contributed by atoms with Gasteiger partial charge in [-0.2, -0.15) is 0 Å². The average Bonchev–Trinajstić information content (AvgIpc) is 3.05. The average molecular weight is 447 g/mol. The molecule has 1 saturated carbocycles. The van der Waals surface area contributed by atoms with Crippen LogP contribution in [0, 0.1) is 12.3 Å². The fourth-order valence-electron chi connectivity index (χ4n) is 5.76. The Bertz CT molecular complexity index is 1060. The molecule has 1 N–H and O–H groups in total. The molecule has 0 spiro atoms. The molecule has 32 heavy (non-hydrogen) atoms. The molecule has 0 amide bonds. The number of aliphatic hydroxyl groups is 1. The van der Waals surface area contributed by atoms with E-state index in [1.165, 1.54) is 33.4 Å². The predicted molar refractivity (Wildman–Crippen MR) is 138 cm³/mol. The largest absolute Gasteiger partial charge is 0.497 e. The van der Waals surface area contributed by atoms with Gasteiger partial charge in [0.05, 0.1) is 21.3 Å². The summed E-state index contributed by atoms with van der Waals surface area (Å²) in [5.41, 5.74) is 8.54. The van der Waals surface area contributed by atoms with E-state index in [2.05, 4.69) is 76.0 Å². The van der Waals surface area contributed by atoms with Crippen molar-refractivity contribution in [3.63, 3.8) is 0 Å². The van der Waals surface area contributed by atoms with Gasteiger partial charge >= 0.3 is 0 Å². The first-order chi connectivity index (χ1) is 15.1. The number of fused-ring (bicyclic) bond motifs is 1. The number of benzene rings is 2. The summed E-state index contributed by atoms with van der Waals surface area (Å²) >= 11 is 0. The van der Waals surface area contributed by atoms with E-state index >= 15 is 0 Å². The number of aryl methyl sites for hydroxylation is 2. The second kappa shape index (κ2) is 8.68. The minimum atomic E-state index is -1.57. The van der Waals surface area contributed by atoms with Crippen LogP contribution in [0.3, 0.4) is 0 Å². The molecule has 1 fully saturated rings. The van der Waals surface area contributed by atoms with Crippen LogP contribution in [0.2, 0.25) is 19.6 Å². The van der Waals surface area contributed by atoms with Gasteiger partial charge in [-0.05, 0) is 78.8 Å². The number of hydrogen-bond donors (Lipinski definition) is 1. The normalized spacial score (nSPS) is 23.5. The van der Waals surface area contributed by atoms with Crippen molar-refractivity contribution in [3.8, 4) is 5.75 Å². The summed E-state index contributed by atoms with van der Waals surface area (Å²) in [4.78, 5) is 0. The summed E-state index contributed by atoms with van der Waals surface area (Å²) in [5, 5.41) is 12.4. The number of hydrogen-bond acceptors (Lipinski definition) is 2. The molecule has 3 heteroatoms. The SMILES string of the molecule is COc1cccc(CCC2=C3C[C@H](O)C[C@]3(C)CC([Si](C)(C)C)=C2c2ccc(C)cc2)c1. The molecule has 2 nitrogen and oxygen atoms in total. The molecule has 0 aliphatic heterocycles. The Morgan fingerprint density at radius 1 is 1.06 bits per heavy atom. The molecular weight excluding hydrogens is 408 g/mol. The van der Waals surface area contributed by atoms with Crippen LogP contribution in [0.25, 0.3) is 5.57 Å². The number of methoxy groups -OCH3 is 1. The second-order valence-electron chi connectivity index (χ2n) is 11.1. The van der Waals surface area contributed by atoms with E-state index in [-0.39, 0.29) is 11.5 Å². The van der Waals surface area contributed by atoms with E-state index in [9.17, 15) is 5.11 Å². The third-order valence-electron chi connectivity index (χ3n) is 7.43. The molecule has 0 bridgehead atoms. The lowest BCUT2D eigenvalue weighted by Gasteiger charge is -2.41. The highest BCUT2D eigenvalue weighted by molar-refractivity contribution is 6.84. The maximum Gasteiger partial charge on any atom is 0.119 e. The van der Waals surface area contributed by atoms with Gasteiger partial charge in [0, 0.05) is 0 Å². The molecule has 2 aromatic carbocycles. The van der Waals surface area contributed by atoms with Crippen LogP contribution < -0.4 is 4.74 Å². The summed E-state index contributed by atoms with van der Waals surface area (Å²) in [6, 6.07) is 17.6. The Morgan fingerprint density at radius 3 is 2.44 bits per heavy atom. The first-order valence-corrected chi connectivity index (χ1v) is 15.5. The molecular formula is C29H38O2Si. The van der Waals surface area contributed by atoms with Crippen LogP contribution in [0.5, 0.6) is 5.75 Å². The lowest BCUT2D eigenvalue weighted by molar-refractivity contribution is 0.164. The third kappa shape index (κ3) is 4.51. The first kappa shape index (κ1) is 23.1. The smallest absolute Gasteiger partial charge is 0.119 e. The van der Waals surface area contributed by atoms with Gasteiger partial charge in [0.25, 0.3) is 0 Å². The van der Waals surface area contributed by atoms with Gasteiger partial charge in [-0.1, -0.05) is 79.3 Å². The summed E-state index contributed by atoms with van der Waals surface area (Å²) in [5.74, 6) is 0.919. The van der Waals surface area contributed by atoms with Crippen LogP contribution in [-0.4, -0.2) is 26.4 Å². The Hall–Kier alpha value is -2.10. The predicted octanol–water partition coefficient (Wildman–Crippen LogP) is 7.13. The summed E-state index contributed by atoms with van der Waals surface area (Å²) in [7, 11) is 0.165. The van der Waals surface area contributed by atoms with Crippen molar-refractivity contribution in [2.45, 2.75) is 71.7 Å². The molecule has 2 aliphatic rings. The van der Waals surface area contributed by atoms with Gasteiger partial charge in [0.15, 0.2) is 0 Å². The van der Waals surface area contributed by atoms with Crippen LogP contribution in [0.4, 0.5) is 0 Å². The van der Waals surface area contributed by atoms with Crippen LogP contribution >= 0.6 is 0 Å². The molecule has 0 radical (unpaired) electrons. The van der Waals surface area contributed by atoms with Gasteiger partial charge in [0.1, 0.15) is 5.75 Å². The number of ether oxygens (including phenoxy) is 1. The van der Waals surface area contributed by atoms with Crippen LogP contribution in [0.15, 0.2) is 64.9 Å². The monoisotopic (exact) mass is 446 g/mol. The van der Waals surface area contributed by atoms with Gasteiger partial charge in [-0.3, -0.25) is 0 Å². The molecule has 170 valence electrons. The van der Waals surface area contributed by atoms with E-state index in [0.29, 0.717) is 0 Å². The fourth-order valence-corrected chi connectivity index (χ4v) is 7.72. The van der Waals surface area contributed by atoms with E-state index in [1.54, 1.807) is 12.3 Å². The summed E-state index contributed by atoms with van der Waals surface area (Å²) in [6.07, 6.45) is 4.57. The molecule has 0 unspecified atom stereocenters. The van der Waals surface area contributed by atoms with Crippen LogP contribution in [0.1, 0.15) is 49.3 Å². The zero-order valence-electron chi connectivity index (χ0n) is 20.6. The van der Waals surface area contributed by atoms with E-state index < -0.39 is 8.07 Å². The van der Waals surface area contributed by atoms with Crippen molar-refractivity contribution >= 4 is 13.6 Å². The highest BCUT2D eigenvalue weighted by Crippen LogP contribution is 2.57. The number of rotatable bonds is 6. The molecule has 0 heterocycles. The maximum absolute atomic E-state index is 10.7. The molecule has 2 aromatic rings. The first-order valence-electron chi connectivity index (χ1n) is 12.0. The molecule has 0 aromatic heterocycles. The Labute approximate surface area is 195 Å². The minimum absolute atomic E-state index is 0.0902. The van der Waals surface area contributed by atoms with Gasteiger partial charge in [0.2, 0.25) is 0 Å². The van der Waals surface area contributed by atoms with Crippen molar-refractivity contribution < 1.29 is 9.84 Å². The highest BCUT2D eigenvalue weighted by atomic mass is 28.3. The van der Waals surface area contributed by atoms with Crippen molar-refractivity contribution in [2.75, 3.05) is 7.11 Å². The van der Waals surface area contributed by atoms with E-state index in [0.717, 1.165) is 37.9 Å². The molecule has 2 aliphatic carbocycles. The lowest BCUT2D eigenvalue weighted by Crippen LogP contribution is -2.33. The minimum Gasteiger partial charge on any atom is -0.497 e. The Kier molecular flexibility index (Phi) is 6.26. The van der Waals surface area contributed by atoms with E-state index in [1.807, 2.05) is 6.07 Å². The molecule has 0 saturated heterocycles. The Morgan fingerprint density at radius 2 is 1.78 bits per heavy atom. The molecule has 2 atom stereocenters. The van der Waals surface area contributed by atoms with Crippen molar-refractivity contribution in [2.24, 2.45) is 5.41 Å². The van der Waals surface area contributed by atoms with Gasteiger partial charge in [-0.25, -0.2) is 0 Å². The third-order valence-corrected chi connectivity index (χ3v) is 9.67. The van der Waals surface area contributed by atoms with Crippen molar-refractivity contribution in [3.05, 3.63) is 81.6 Å². The standard InChI is InChI=1S/C29H38O2Si/c1-20-10-13-22(14-11-20)28-25(15-12-21-8-7-9-24(16-21)31-3)26-17-23(30)18-29(26,2)19-27(28)32(4,5)6/h7-11,13-14,16,23,30H,12,15,17-19H2,1-6H3/t23-,29+/m0/s1. The van der Waals surface area contributed by atoms with Crippen molar-refractivity contribution in [1.82, 2.24) is 0 Å². The second-order valence-corrected chi connectivity index (χ2v) is 16.2. The fraction of sp³-hybridized carbons (Fsp3) is 0.448. The van der Waals surface area contributed by atoms with Crippen LogP contribution in [-0.2, 0) is 6.42 Å². The van der Waals surface area contributed by atoms with Crippen molar-refractivity contribution in [1.29, 1.82) is 0 Å². The zero-order chi connectivity index (χ0) is 23.1. The number of aliphatic hydroxyl groups excluding tert-OH is 1. The van der Waals surface area contributed by atoms with Gasteiger partial charge in [-0.15, -0.1) is 0 Å². The quantitative estimate of drug-likeness (QED) is 0.478. The summed E-state index contributed by atoms with van der Waals surface area (Å²) < 4.78 is 5.46. The van der Waals surface area contributed by atoms with Gasteiger partial charge < -0.3 is 9.84 Å². The topological polar surface area (TPSA) is 29.5 Å². The highest BCUT2D eigenvalue weighted by Gasteiger charge is 2.46. The zero-order valence-corrected chi connectivity index (χ0v) is 21.6. The molecule has 4 rings (SSSR count). The summed E-state index contributed by atoms with van der Waals surface area (Å²) in [6.45, 7) is 12.0. The Balaban J connectivity index is 1.84. The van der Waals surface area contributed by atoms with E-state index in [4.69, 9.17) is 4.74 Å². The lowest BCUT2D eigenvalue weighted by atomic mass is 9.71. The number of allylic oxidation sites excluding steroid dienone is 3.